The first-order chi connectivity index (χ1) is 13.8. The highest BCUT2D eigenvalue weighted by atomic mass is 32.1. The summed E-state index contributed by atoms with van der Waals surface area (Å²) < 4.78 is 1.89. The smallest absolute Gasteiger partial charge is 0.246 e. The lowest BCUT2D eigenvalue weighted by Crippen LogP contribution is -2.47. The Hall–Kier alpha value is -2.70. The minimum Gasteiger partial charge on any atom is -0.337 e. The van der Waals surface area contributed by atoms with Gasteiger partial charge in [0.05, 0.1) is 12.7 Å². The Morgan fingerprint density at radius 2 is 1.86 bits per heavy atom. The standard InChI is InChI=1S/C22H24N4OS/c27-22(25-12-10-24(11-13-25)18-21-7-4-14-28-21)9-8-20-15-23-26(17-20)16-19-5-2-1-3-6-19/h1-9,14-15,17H,10-13,16,18H2/b9-8+. The minimum atomic E-state index is 0.0755. The van der Waals surface area contributed by atoms with Crippen LogP contribution in [0.1, 0.15) is 16.0 Å². The molecule has 1 aliphatic rings. The molecular weight excluding hydrogens is 368 g/mol. The van der Waals surface area contributed by atoms with Gasteiger partial charge in [0.15, 0.2) is 0 Å². The molecule has 144 valence electrons. The Bertz CT molecular complexity index is 909. The molecule has 0 atom stereocenters. The largest absolute Gasteiger partial charge is 0.337 e. The van der Waals surface area contributed by atoms with E-state index in [1.165, 1.54) is 10.4 Å². The second kappa shape index (κ2) is 8.99. The molecule has 3 heterocycles. The van der Waals surface area contributed by atoms with E-state index in [0.29, 0.717) is 0 Å². The van der Waals surface area contributed by atoms with E-state index in [1.54, 1.807) is 23.6 Å². The summed E-state index contributed by atoms with van der Waals surface area (Å²) >= 11 is 1.79. The number of aromatic nitrogens is 2. The summed E-state index contributed by atoms with van der Waals surface area (Å²) in [5.74, 6) is 0.0755. The van der Waals surface area contributed by atoms with Crippen molar-refractivity contribution in [3.8, 4) is 0 Å². The van der Waals surface area contributed by atoms with Gasteiger partial charge in [0.25, 0.3) is 0 Å². The maximum absolute atomic E-state index is 12.5. The third-order valence-electron chi connectivity index (χ3n) is 4.90. The van der Waals surface area contributed by atoms with Crippen molar-refractivity contribution < 1.29 is 4.79 Å². The Kier molecular flexibility index (Phi) is 5.99. The maximum atomic E-state index is 12.5. The van der Waals surface area contributed by atoms with Crippen LogP contribution < -0.4 is 0 Å². The van der Waals surface area contributed by atoms with Crippen LogP contribution in [-0.4, -0.2) is 51.7 Å². The number of amides is 1. The lowest BCUT2D eigenvalue weighted by atomic mass is 10.2. The number of hydrogen-bond donors (Lipinski definition) is 0. The normalized spacial score (nSPS) is 15.4. The van der Waals surface area contributed by atoms with Crippen LogP contribution in [0, 0.1) is 0 Å². The van der Waals surface area contributed by atoms with Crippen LogP contribution in [0.15, 0.2) is 66.3 Å². The molecule has 1 saturated heterocycles. The van der Waals surface area contributed by atoms with Crippen LogP contribution in [-0.2, 0) is 17.9 Å². The Balaban J connectivity index is 1.26. The number of thiophene rings is 1. The zero-order chi connectivity index (χ0) is 19.2. The van der Waals surface area contributed by atoms with Crippen LogP contribution in [0.5, 0.6) is 0 Å². The first kappa shape index (κ1) is 18.7. The molecule has 6 heteroatoms. The van der Waals surface area contributed by atoms with Gasteiger partial charge in [0, 0.05) is 55.4 Å². The lowest BCUT2D eigenvalue weighted by molar-refractivity contribution is -0.127. The molecule has 1 aliphatic heterocycles. The van der Waals surface area contributed by atoms with E-state index in [1.807, 2.05) is 40.1 Å². The number of carbonyl (C=O) groups is 1. The first-order valence-electron chi connectivity index (χ1n) is 9.54. The molecule has 1 aromatic carbocycles. The van der Waals surface area contributed by atoms with E-state index in [0.717, 1.165) is 44.8 Å². The fourth-order valence-electron chi connectivity index (χ4n) is 3.34. The maximum Gasteiger partial charge on any atom is 0.246 e. The summed E-state index contributed by atoms with van der Waals surface area (Å²) in [5.41, 5.74) is 2.15. The Morgan fingerprint density at radius 3 is 2.61 bits per heavy atom. The van der Waals surface area contributed by atoms with Gasteiger partial charge in [-0.2, -0.15) is 5.10 Å². The third-order valence-corrected chi connectivity index (χ3v) is 5.76. The SMILES string of the molecule is O=C(/C=C/c1cnn(Cc2ccccc2)c1)N1CCN(Cc2cccs2)CC1. The number of benzene rings is 1. The monoisotopic (exact) mass is 392 g/mol. The van der Waals surface area contributed by atoms with Gasteiger partial charge >= 0.3 is 0 Å². The molecule has 1 amide bonds. The molecule has 0 unspecified atom stereocenters. The number of rotatable bonds is 6. The van der Waals surface area contributed by atoms with E-state index in [2.05, 4.69) is 39.6 Å². The lowest BCUT2D eigenvalue weighted by Gasteiger charge is -2.33. The van der Waals surface area contributed by atoms with Crippen LogP contribution in [0.4, 0.5) is 0 Å². The topological polar surface area (TPSA) is 41.4 Å². The minimum absolute atomic E-state index is 0.0755. The molecule has 0 radical (unpaired) electrons. The molecular formula is C22H24N4OS. The summed E-state index contributed by atoms with van der Waals surface area (Å²) in [5, 5.41) is 6.50. The van der Waals surface area contributed by atoms with Crippen molar-refractivity contribution in [2.75, 3.05) is 26.2 Å². The molecule has 0 bridgehead atoms. The van der Waals surface area contributed by atoms with Crippen LogP contribution >= 0.6 is 11.3 Å². The molecule has 28 heavy (non-hydrogen) atoms. The van der Waals surface area contributed by atoms with Gasteiger partial charge in [0.2, 0.25) is 5.91 Å². The van der Waals surface area contributed by atoms with E-state index in [4.69, 9.17) is 0 Å². The summed E-state index contributed by atoms with van der Waals surface area (Å²) in [4.78, 5) is 18.2. The molecule has 0 saturated carbocycles. The van der Waals surface area contributed by atoms with Gasteiger partial charge in [-0.15, -0.1) is 11.3 Å². The van der Waals surface area contributed by atoms with Gasteiger partial charge in [-0.25, -0.2) is 0 Å². The van der Waals surface area contributed by atoms with Gasteiger partial charge < -0.3 is 4.90 Å². The summed E-state index contributed by atoms with van der Waals surface area (Å²) in [7, 11) is 0. The quantitative estimate of drug-likeness (QED) is 0.604. The van der Waals surface area contributed by atoms with Gasteiger partial charge in [-0.1, -0.05) is 36.4 Å². The second-order valence-corrected chi connectivity index (χ2v) is 8.00. The second-order valence-electron chi connectivity index (χ2n) is 6.97. The average Bonchev–Trinajstić information content (AvgIpc) is 3.40. The summed E-state index contributed by atoms with van der Waals surface area (Å²) in [6.07, 6.45) is 7.29. The predicted molar refractivity (Wildman–Crippen MR) is 113 cm³/mol. The highest BCUT2D eigenvalue weighted by molar-refractivity contribution is 7.09. The molecule has 4 rings (SSSR count). The first-order valence-corrected chi connectivity index (χ1v) is 10.4. The summed E-state index contributed by atoms with van der Waals surface area (Å²) in [6, 6.07) is 14.5. The van der Waals surface area contributed by atoms with Crippen LogP contribution in [0.25, 0.3) is 6.08 Å². The fraction of sp³-hybridized carbons (Fsp3) is 0.273. The van der Waals surface area contributed by atoms with Crippen molar-refractivity contribution in [2.45, 2.75) is 13.1 Å². The van der Waals surface area contributed by atoms with E-state index in [9.17, 15) is 4.79 Å². The zero-order valence-corrected chi connectivity index (χ0v) is 16.6. The zero-order valence-electron chi connectivity index (χ0n) is 15.8. The van der Waals surface area contributed by atoms with Crippen molar-refractivity contribution in [3.63, 3.8) is 0 Å². The number of nitrogens with zero attached hydrogens (tertiary/aromatic N) is 4. The number of carbonyl (C=O) groups excluding carboxylic acids is 1. The summed E-state index contributed by atoms with van der Waals surface area (Å²) in [6.45, 7) is 5.12. The molecule has 3 aromatic rings. The van der Waals surface area contributed by atoms with Crippen molar-refractivity contribution in [3.05, 3.63) is 82.3 Å². The van der Waals surface area contributed by atoms with Crippen LogP contribution in [0.2, 0.25) is 0 Å². The molecule has 5 nitrogen and oxygen atoms in total. The fourth-order valence-corrected chi connectivity index (χ4v) is 4.09. The van der Waals surface area contributed by atoms with Crippen molar-refractivity contribution in [1.82, 2.24) is 19.6 Å². The van der Waals surface area contributed by atoms with Crippen molar-refractivity contribution in [1.29, 1.82) is 0 Å². The molecule has 0 N–H and O–H groups in total. The molecule has 0 aliphatic carbocycles. The third kappa shape index (κ3) is 4.97. The Morgan fingerprint density at radius 1 is 1.04 bits per heavy atom. The van der Waals surface area contributed by atoms with Gasteiger partial charge in [-0.05, 0) is 23.1 Å². The Labute approximate surface area is 169 Å². The van der Waals surface area contributed by atoms with Crippen LogP contribution in [0.3, 0.4) is 0 Å². The highest BCUT2D eigenvalue weighted by Gasteiger charge is 2.19. The predicted octanol–water partition coefficient (Wildman–Crippen LogP) is 3.35. The van der Waals surface area contributed by atoms with E-state index >= 15 is 0 Å². The number of piperazine rings is 1. The molecule has 1 fully saturated rings. The van der Waals surface area contributed by atoms with E-state index < -0.39 is 0 Å². The van der Waals surface area contributed by atoms with E-state index in [-0.39, 0.29) is 5.91 Å². The highest BCUT2D eigenvalue weighted by Crippen LogP contribution is 2.14. The van der Waals surface area contributed by atoms with Crippen molar-refractivity contribution >= 4 is 23.3 Å². The molecule has 2 aromatic heterocycles. The van der Waals surface area contributed by atoms with Gasteiger partial charge in [0.1, 0.15) is 0 Å². The number of hydrogen-bond acceptors (Lipinski definition) is 4. The van der Waals surface area contributed by atoms with Gasteiger partial charge in [-0.3, -0.25) is 14.4 Å². The average molecular weight is 393 g/mol. The van der Waals surface area contributed by atoms with Crippen molar-refractivity contribution in [2.24, 2.45) is 0 Å². The molecule has 0 spiro atoms.